The maximum atomic E-state index is 12.5. The Morgan fingerprint density at radius 1 is 1.36 bits per heavy atom. The van der Waals surface area contributed by atoms with E-state index in [0.29, 0.717) is 18.5 Å². The van der Waals surface area contributed by atoms with E-state index in [4.69, 9.17) is 4.74 Å². The quantitative estimate of drug-likeness (QED) is 0.869. The Morgan fingerprint density at radius 3 is 2.92 bits per heavy atom. The summed E-state index contributed by atoms with van der Waals surface area (Å²) in [7, 11) is 2.05. The highest BCUT2D eigenvalue weighted by Gasteiger charge is 2.17. The van der Waals surface area contributed by atoms with Crippen LogP contribution in [0.3, 0.4) is 0 Å². The molecule has 0 bridgehead atoms. The Balaban J connectivity index is 1.66. The molecule has 1 amide bonds. The number of nitrogens with zero attached hydrogens (tertiary/aromatic N) is 3. The first-order valence-electron chi connectivity index (χ1n) is 8.54. The number of amides is 1. The van der Waals surface area contributed by atoms with Crippen molar-refractivity contribution in [1.29, 1.82) is 0 Å². The highest BCUT2D eigenvalue weighted by atomic mass is 16.5. The summed E-state index contributed by atoms with van der Waals surface area (Å²) in [5.74, 6) is 0.0376. The Kier molecular flexibility index (Phi) is 5.45. The van der Waals surface area contributed by atoms with Crippen LogP contribution in [0.25, 0.3) is 10.8 Å². The number of aryl methyl sites for hydroxylation is 1. The summed E-state index contributed by atoms with van der Waals surface area (Å²) in [5, 5.41) is 8.58. The van der Waals surface area contributed by atoms with Crippen molar-refractivity contribution in [2.24, 2.45) is 5.92 Å². The number of carbonyl (C=O) groups excluding carboxylic acids is 1. The van der Waals surface area contributed by atoms with Crippen molar-refractivity contribution in [3.8, 4) is 0 Å². The minimum atomic E-state index is -0.242. The van der Waals surface area contributed by atoms with E-state index in [-0.39, 0.29) is 23.9 Å². The number of benzene rings is 1. The summed E-state index contributed by atoms with van der Waals surface area (Å²) in [4.78, 5) is 27.0. The second-order valence-corrected chi connectivity index (χ2v) is 6.60. The molecular formula is C18H24N4O3. The molecule has 1 aliphatic heterocycles. The molecule has 3 rings (SSSR count). The number of hydrogen-bond donors (Lipinski definition) is 1. The van der Waals surface area contributed by atoms with Gasteiger partial charge < -0.3 is 15.0 Å². The average Bonchev–Trinajstić information content (AvgIpc) is 2.82. The molecule has 1 fully saturated rings. The maximum absolute atomic E-state index is 12.5. The third kappa shape index (κ3) is 4.24. The van der Waals surface area contributed by atoms with E-state index in [2.05, 4.69) is 15.3 Å². The number of ether oxygens (including phenoxy) is 1. The Morgan fingerprint density at radius 2 is 2.12 bits per heavy atom. The molecular weight excluding hydrogens is 320 g/mol. The summed E-state index contributed by atoms with van der Waals surface area (Å²) < 4.78 is 6.79. The fourth-order valence-electron chi connectivity index (χ4n) is 3.14. The topological polar surface area (TPSA) is 76.5 Å². The zero-order chi connectivity index (χ0) is 17.8. The van der Waals surface area contributed by atoms with Crippen LogP contribution in [0.15, 0.2) is 29.1 Å². The van der Waals surface area contributed by atoms with Crippen LogP contribution in [0.2, 0.25) is 0 Å². The van der Waals surface area contributed by atoms with E-state index < -0.39 is 0 Å². The molecule has 0 unspecified atom stereocenters. The van der Waals surface area contributed by atoms with Gasteiger partial charge in [-0.05, 0) is 20.0 Å². The fraction of sp³-hybridized carbons (Fsp3) is 0.500. The molecule has 1 N–H and O–H groups in total. The van der Waals surface area contributed by atoms with Crippen molar-refractivity contribution >= 4 is 16.7 Å². The van der Waals surface area contributed by atoms with Gasteiger partial charge in [-0.25, -0.2) is 4.68 Å². The normalized spacial score (nSPS) is 18.9. The molecule has 0 radical (unpaired) electrons. The molecule has 1 aliphatic rings. The number of hydrogen-bond acceptors (Lipinski definition) is 5. The lowest BCUT2D eigenvalue weighted by Gasteiger charge is -2.19. The summed E-state index contributed by atoms with van der Waals surface area (Å²) >= 11 is 0. The molecule has 7 nitrogen and oxygen atoms in total. The Bertz CT molecular complexity index is 818. The minimum Gasteiger partial charge on any atom is -0.380 e. The molecule has 1 saturated heterocycles. The average molecular weight is 344 g/mol. The van der Waals surface area contributed by atoms with E-state index in [1.165, 1.54) is 4.68 Å². The molecule has 0 spiro atoms. The smallest absolute Gasteiger partial charge is 0.275 e. The van der Waals surface area contributed by atoms with Gasteiger partial charge in [0.05, 0.1) is 24.3 Å². The Hall–Kier alpha value is -2.25. The first-order chi connectivity index (χ1) is 12.0. The number of likely N-dealkylation sites (N-methyl/N-ethyl adjacent to an activating group) is 1. The van der Waals surface area contributed by atoms with Gasteiger partial charge in [-0.2, -0.15) is 5.10 Å². The van der Waals surface area contributed by atoms with Gasteiger partial charge in [-0.15, -0.1) is 0 Å². The monoisotopic (exact) mass is 344 g/mol. The first kappa shape index (κ1) is 17.6. The maximum Gasteiger partial charge on any atom is 0.275 e. The van der Waals surface area contributed by atoms with Crippen LogP contribution in [0, 0.1) is 12.8 Å². The van der Waals surface area contributed by atoms with Crippen molar-refractivity contribution in [2.45, 2.75) is 13.5 Å². The van der Waals surface area contributed by atoms with Gasteiger partial charge in [0, 0.05) is 30.9 Å². The van der Waals surface area contributed by atoms with E-state index >= 15 is 0 Å². The van der Waals surface area contributed by atoms with Crippen LogP contribution in [-0.2, 0) is 16.1 Å². The lowest BCUT2D eigenvalue weighted by atomic mass is 10.1. The second-order valence-electron chi connectivity index (χ2n) is 6.60. The van der Waals surface area contributed by atoms with Gasteiger partial charge in [0.15, 0.2) is 0 Å². The number of nitrogens with one attached hydrogen (secondary N) is 1. The lowest BCUT2D eigenvalue weighted by molar-refractivity contribution is -0.122. The molecule has 0 aliphatic carbocycles. The van der Waals surface area contributed by atoms with Gasteiger partial charge in [-0.1, -0.05) is 18.2 Å². The van der Waals surface area contributed by atoms with E-state index in [1.54, 1.807) is 6.07 Å². The van der Waals surface area contributed by atoms with Crippen LogP contribution in [0.4, 0.5) is 0 Å². The Labute approximate surface area is 146 Å². The molecule has 2 aromatic rings. The van der Waals surface area contributed by atoms with Crippen molar-refractivity contribution in [2.75, 3.05) is 39.9 Å². The summed E-state index contributed by atoms with van der Waals surface area (Å²) in [6.07, 6.45) is 0. The van der Waals surface area contributed by atoms with Gasteiger partial charge in [0.1, 0.15) is 6.54 Å². The molecule has 134 valence electrons. The van der Waals surface area contributed by atoms with E-state index in [9.17, 15) is 9.59 Å². The van der Waals surface area contributed by atoms with Crippen molar-refractivity contribution in [1.82, 2.24) is 20.0 Å². The molecule has 2 heterocycles. The summed E-state index contributed by atoms with van der Waals surface area (Å²) in [6, 6.07) is 7.32. The van der Waals surface area contributed by atoms with E-state index in [0.717, 1.165) is 30.8 Å². The van der Waals surface area contributed by atoms with Crippen molar-refractivity contribution < 1.29 is 9.53 Å². The van der Waals surface area contributed by atoms with Crippen LogP contribution in [0.1, 0.15) is 5.69 Å². The largest absolute Gasteiger partial charge is 0.380 e. The van der Waals surface area contributed by atoms with Gasteiger partial charge in [0.25, 0.3) is 5.56 Å². The minimum absolute atomic E-state index is 0.0755. The SMILES string of the molecule is Cc1nn(CC(=O)NC[C@@H]2COCCN(C)C2)c(=O)c2ccccc12. The third-order valence-electron chi connectivity index (χ3n) is 4.47. The zero-order valence-electron chi connectivity index (χ0n) is 14.7. The number of fused-ring (bicyclic) bond motifs is 1. The molecule has 25 heavy (non-hydrogen) atoms. The highest BCUT2D eigenvalue weighted by molar-refractivity contribution is 5.83. The predicted molar refractivity (Wildman–Crippen MR) is 95.6 cm³/mol. The number of aromatic nitrogens is 2. The van der Waals surface area contributed by atoms with Crippen LogP contribution < -0.4 is 10.9 Å². The number of rotatable bonds is 4. The summed E-state index contributed by atoms with van der Waals surface area (Å²) in [5.41, 5.74) is 0.496. The standard InChI is InChI=1S/C18H24N4O3/c1-13-15-5-3-4-6-16(15)18(24)22(20-13)11-17(23)19-9-14-10-21(2)7-8-25-12-14/h3-6,14H,7-12H2,1-2H3,(H,19,23)/t14-/m0/s1. The van der Waals surface area contributed by atoms with Crippen molar-refractivity contribution in [3.05, 3.63) is 40.3 Å². The van der Waals surface area contributed by atoms with Crippen LogP contribution in [0.5, 0.6) is 0 Å². The van der Waals surface area contributed by atoms with Gasteiger partial charge in [0.2, 0.25) is 5.91 Å². The zero-order valence-corrected chi connectivity index (χ0v) is 14.7. The highest BCUT2D eigenvalue weighted by Crippen LogP contribution is 2.11. The molecule has 1 aromatic heterocycles. The van der Waals surface area contributed by atoms with Gasteiger partial charge in [-0.3, -0.25) is 9.59 Å². The lowest BCUT2D eigenvalue weighted by Crippen LogP contribution is -2.39. The molecule has 1 atom stereocenters. The molecule has 1 aromatic carbocycles. The van der Waals surface area contributed by atoms with E-state index in [1.807, 2.05) is 32.2 Å². The van der Waals surface area contributed by atoms with Crippen molar-refractivity contribution in [3.63, 3.8) is 0 Å². The first-order valence-corrected chi connectivity index (χ1v) is 8.54. The van der Waals surface area contributed by atoms with Gasteiger partial charge >= 0.3 is 0 Å². The summed E-state index contributed by atoms with van der Waals surface area (Å²) in [6.45, 7) is 5.44. The second kappa shape index (κ2) is 7.76. The van der Waals surface area contributed by atoms with Crippen LogP contribution in [-0.4, -0.2) is 60.5 Å². The predicted octanol–water partition coefficient (Wildman–Crippen LogP) is 0.399. The number of carbonyl (C=O) groups is 1. The molecule has 7 heteroatoms. The molecule has 0 saturated carbocycles. The van der Waals surface area contributed by atoms with Crippen LogP contribution >= 0.6 is 0 Å². The third-order valence-corrected chi connectivity index (χ3v) is 4.47. The fourth-order valence-corrected chi connectivity index (χ4v) is 3.14.